The van der Waals surface area contributed by atoms with Gasteiger partial charge in [-0.1, -0.05) is 12.1 Å². The maximum atomic E-state index is 6.41. The first-order chi connectivity index (χ1) is 10.3. The van der Waals surface area contributed by atoms with Crippen molar-refractivity contribution >= 4 is 32.5 Å². The Morgan fingerprint density at radius 2 is 1.90 bits per heavy atom. The van der Waals surface area contributed by atoms with Crippen molar-refractivity contribution in [2.45, 2.75) is 6.04 Å². The minimum atomic E-state index is -0.173. The zero-order valence-electron chi connectivity index (χ0n) is 11.2. The monoisotopic (exact) mass is 291 g/mol. The van der Waals surface area contributed by atoms with Crippen molar-refractivity contribution in [3.05, 3.63) is 71.4 Å². The van der Waals surface area contributed by atoms with Crippen LogP contribution < -0.4 is 5.73 Å². The van der Waals surface area contributed by atoms with Crippen molar-refractivity contribution in [2.75, 3.05) is 0 Å². The van der Waals surface area contributed by atoms with Gasteiger partial charge in [-0.3, -0.25) is 9.97 Å². The van der Waals surface area contributed by atoms with Crippen LogP contribution in [0.3, 0.4) is 0 Å². The second kappa shape index (κ2) is 4.91. The average molecular weight is 291 g/mol. The molecular weight excluding hydrogens is 278 g/mol. The lowest BCUT2D eigenvalue weighted by molar-refractivity contribution is 0.869. The molecule has 0 aliphatic carbocycles. The lowest BCUT2D eigenvalue weighted by Crippen LogP contribution is -2.12. The van der Waals surface area contributed by atoms with Crippen LogP contribution in [0.4, 0.5) is 0 Å². The minimum Gasteiger partial charge on any atom is -0.320 e. The molecule has 1 aromatic carbocycles. The van der Waals surface area contributed by atoms with Gasteiger partial charge in [-0.25, -0.2) is 0 Å². The molecule has 0 spiro atoms. The van der Waals surface area contributed by atoms with Crippen LogP contribution in [0.2, 0.25) is 0 Å². The highest BCUT2D eigenvalue weighted by molar-refractivity contribution is 7.17. The van der Waals surface area contributed by atoms with E-state index in [1.807, 2.05) is 30.5 Å². The molecule has 4 aromatic rings. The maximum absolute atomic E-state index is 6.41. The molecule has 0 amide bonds. The van der Waals surface area contributed by atoms with Gasteiger partial charge in [0, 0.05) is 17.8 Å². The third kappa shape index (κ3) is 2.18. The Kier molecular flexibility index (Phi) is 2.91. The highest BCUT2D eigenvalue weighted by Gasteiger charge is 2.11. The van der Waals surface area contributed by atoms with Crippen molar-refractivity contribution in [3.63, 3.8) is 0 Å². The molecule has 1 atom stereocenters. The van der Waals surface area contributed by atoms with Crippen LogP contribution >= 0.6 is 11.3 Å². The molecular formula is C17H13N3S. The van der Waals surface area contributed by atoms with Gasteiger partial charge in [0.25, 0.3) is 0 Å². The number of fused-ring (bicyclic) bond motifs is 2. The Morgan fingerprint density at radius 1 is 0.952 bits per heavy atom. The second-order valence-corrected chi connectivity index (χ2v) is 5.95. The van der Waals surface area contributed by atoms with Crippen LogP contribution in [0, 0.1) is 0 Å². The second-order valence-electron chi connectivity index (χ2n) is 5.01. The molecule has 21 heavy (non-hydrogen) atoms. The van der Waals surface area contributed by atoms with Crippen molar-refractivity contribution in [1.82, 2.24) is 9.97 Å². The number of pyridine rings is 2. The predicted molar refractivity (Wildman–Crippen MR) is 87.4 cm³/mol. The number of hydrogen-bond donors (Lipinski definition) is 1. The van der Waals surface area contributed by atoms with Crippen molar-refractivity contribution in [3.8, 4) is 0 Å². The lowest BCUT2D eigenvalue weighted by Gasteiger charge is -2.13. The molecule has 0 saturated carbocycles. The molecule has 0 bridgehead atoms. The van der Waals surface area contributed by atoms with E-state index in [1.165, 1.54) is 4.70 Å². The summed E-state index contributed by atoms with van der Waals surface area (Å²) in [5.74, 6) is 0. The van der Waals surface area contributed by atoms with Gasteiger partial charge in [0.15, 0.2) is 0 Å². The number of nitrogens with two attached hydrogens (primary N) is 1. The zero-order chi connectivity index (χ0) is 14.2. The molecule has 0 fully saturated rings. The first-order valence-electron chi connectivity index (χ1n) is 6.75. The van der Waals surface area contributed by atoms with Crippen LogP contribution in [0.15, 0.2) is 60.2 Å². The largest absolute Gasteiger partial charge is 0.320 e. The van der Waals surface area contributed by atoms with E-state index in [9.17, 15) is 0 Å². The van der Waals surface area contributed by atoms with Gasteiger partial charge < -0.3 is 5.73 Å². The van der Waals surface area contributed by atoms with Crippen LogP contribution in [0.1, 0.15) is 17.2 Å². The fourth-order valence-electron chi connectivity index (χ4n) is 2.51. The van der Waals surface area contributed by atoms with E-state index in [0.29, 0.717) is 0 Å². The van der Waals surface area contributed by atoms with E-state index >= 15 is 0 Å². The summed E-state index contributed by atoms with van der Waals surface area (Å²) in [6.07, 6.45) is 3.67. The number of hydrogen-bond acceptors (Lipinski definition) is 4. The third-order valence-electron chi connectivity index (χ3n) is 3.67. The fraction of sp³-hybridized carbons (Fsp3) is 0.0588. The van der Waals surface area contributed by atoms with Crippen LogP contribution in [-0.4, -0.2) is 9.97 Å². The molecule has 4 heteroatoms. The quantitative estimate of drug-likeness (QED) is 0.609. The summed E-state index contributed by atoms with van der Waals surface area (Å²) in [4.78, 5) is 8.81. The van der Waals surface area contributed by atoms with Gasteiger partial charge in [-0.15, -0.1) is 11.3 Å². The molecule has 102 valence electrons. The van der Waals surface area contributed by atoms with Gasteiger partial charge in [0.2, 0.25) is 0 Å². The smallest absolute Gasteiger partial charge is 0.0809 e. The topological polar surface area (TPSA) is 51.8 Å². The van der Waals surface area contributed by atoms with Crippen molar-refractivity contribution < 1.29 is 0 Å². The molecule has 0 aliphatic heterocycles. The van der Waals surface area contributed by atoms with Crippen molar-refractivity contribution in [1.29, 1.82) is 0 Å². The van der Waals surface area contributed by atoms with E-state index in [1.54, 1.807) is 17.5 Å². The summed E-state index contributed by atoms with van der Waals surface area (Å²) in [6.45, 7) is 0. The summed E-state index contributed by atoms with van der Waals surface area (Å²) in [5, 5.41) is 3.16. The Balaban J connectivity index is 1.79. The lowest BCUT2D eigenvalue weighted by atomic mass is 9.99. The molecule has 4 rings (SSSR count). The van der Waals surface area contributed by atoms with Gasteiger partial charge in [-0.2, -0.15) is 0 Å². The van der Waals surface area contributed by atoms with Gasteiger partial charge in [0.1, 0.15) is 0 Å². The summed E-state index contributed by atoms with van der Waals surface area (Å²) in [7, 11) is 0. The number of aromatic nitrogens is 2. The van der Waals surface area contributed by atoms with Crippen LogP contribution in [0.5, 0.6) is 0 Å². The molecule has 0 radical (unpaired) electrons. The van der Waals surface area contributed by atoms with E-state index < -0.39 is 0 Å². The highest BCUT2D eigenvalue weighted by atomic mass is 32.1. The van der Waals surface area contributed by atoms with Crippen LogP contribution in [0.25, 0.3) is 21.1 Å². The standard InChI is InChI=1S/C17H13N3S/c18-17(13-9-16-15(20-10-13)5-7-21-16)12-3-4-14-11(8-12)2-1-6-19-14/h1-10,17H,18H2. The third-order valence-corrected chi connectivity index (χ3v) is 4.52. The highest BCUT2D eigenvalue weighted by Crippen LogP contribution is 2.26. The molecule has 0 saturated heterocycles. The summed E-state index contributed by atoms with van der Waals surface area (Å²) < 4.78 is 1.17. The first kappa shape index (κ1) is 12.4. The zero-order valence-corrected chi connectivity index (χ0v) is 12.0. The number of benzene rings is 1. The summed E-state index contributed by atoms with van der Waals surface area (Å²) >= 11 is 1.69. The van der Waals surface area contributed by atoms with E-state index in [2.05, 4.69) is 33.5 Å². The Hall–Kier alpha value is -2.30. The maximum Gasteiger partial charge on any atom is 0.0809 e. The number of nitrogens with zero attached hydrogens (tertiary/aromatic N) is 2. The Morgan fingerprint density at radius 3 is 2.86 bits per heavy atom. The first-order valence-corrected chi connectivity index (χ1v) is 7.63. The molecule has 2 N–H and O–H groups in total. The molecule has 1 unspecified atom stereocenters. The van der Waals surface area contributed by atoms with Crippen molar-refractivity contribution in [2.24, 2.45) is 5.73 Å². The fourth-order valence-corrected chi connectivity index (χ4v) is 3.30. The molecule has 3 aromatic heterocycles. The van der Waals surface area contributed by atoms with Gasteiger partial charge in [0.05, 0.1) is 21.8 Å². The molecule has 0 aliphatic rings. The summed E-state index contributed by atoms with van der Waals surface area (Å²) in [6, 6.07) is 14.1. The van der Waals surface area contributed by atoms with E-state index in [-0.39, 0.29) is 6.04 Å². The Labute approximate surface area is 126 Å². The Bertz CT molecular complexity index is 929. The summed E-state index contributed by atoms with van der Waals surface area (Å²) in [5.41, 5.74) is 10.5. The minimum absolute atomic E-state index is 0.173. The number of thiophene rings is 1. The van der Waals surface area contributed by atoms with Gasteiger partial charge in [-0.05, 0) is 46.8 Å². The number of rotatable bonds is 2. The predicted octanol–water partition coefficient (Wildman–Crippen LogP) is 3.89. The molecule has 3 nitrogen and oxygen atoms in total. The van der Waals surface area contributed by atoms with E-state index in [0.717, 1.165) is 27.5 Å². The average Bonchev–Trinajstić information content (AvgIpc) is 3.01. The SMILES string of the molecule is NC(c1ccc2ncccc2c1)c1cnc2ccsc2c1. The normalized spacial score (nSPS) is 12.8. The van der Waals surface area contributed by atoms with Gasteiger partial charge >= 0.3 is 0 Å². The molecule has 3 heterocycles. The van der Waals surface area contributed by atoms with E-state index in [4.69, 9.17) is 5.73 Å². The van der Waals surface area contributed by atoms with Crippen LogP contribution in [-0.2, 0) is 0 Å².